The number of aliphatic carboxylic acids is 1. The summed E-state index contributed by atoms with van der Waals surface area (Å²) >= 11 is 0. The highest BCUT2D eigenvalue weighted by Crippen LogP contribution is 2.12. The minimum absolute atomic E-state index is 0.183. The van der Waals surface area contributed by atoms with Gasteiger partial charge >= 0.3 is 5.97 Å². The fourth-order valence-electron chi connectivity index (χ4n) is 2.46. The van der Waals surface area contributed by atoms with Crippen LogP contribution in [0, 0.1) is 0 Å². The van der Waals surface area contributed by atoms with Gasteiger partial charge in [-0.2, -0.15) is 0 Å². The van der Waals surface area contributed by atoms with E-state index in [1.165, 1.54) is 12.5 Å². The van der Waals surface area contributed by atoms with Gasteiger partial charge in [-0.05, 0) is 12.5 Å². The Morgan fingerprint density at radius 2 is 2.14 bits per heavy atom. The first-order valence-electron chi connectivity index (χ1n) is 7.44. The molecule has 2 atom stereocenters. The Morgan fingerprint density at radius 3 is 2.82 bits per heavy atom. The standard InChI is InChI=1S/C16H22N2O4/c1-12(16(20)21)17-15(19)9-14-11-18(7-8-22-14)10-13-5-3-2-4-6-13/h2-6,12,14H,7-11H2,1H3,(H,17,19)(H,20,21)/t12-,14?/m0/s1. The number of morpholine rings is 1. The molecule has 6 heteroatoms. The summed E-state index contributed by atoms with van der Waals surface area (Å²) in [6.07, 6.45) is -0.0124. The van der Waals surface area contributed by atoms with Gasteiger partial charge in [-0.15, -0.1) is 0 Å². The second-order valence-corrected chi connectivity index (χ2v) is 5.55. The van der Waals surface area contributed by atoms with Crippen molar-refractivity contribution in [1.29, 1.82) is 0 Å². The molecule has 0 saturated carbocycles. The summed E-state index contributed by atoms with van der Waals surface area (Å²) in [6.45, 7) is 4.36. The van der Waals surface area contributed by atoms with Crippen LogP contribution >= 0.6 is 0 Å². The Morgan fingerprint density at radius 1 is 1.41 bits per heavy atom. The van der Waals surface area contributed by atoms with E-state index in [4.69, 9.17) is 9.84 Å². The quantitative estimate of drug-likeness (QED) is 0.815. The van der Waals surface area contributed by atoms with Gasteiger partial charge in [-0.1, -0.05) is 30.3 Å². The Hall–Kier alpha value is -1.92. The lowest BCUT2D eigenvalue weighted by Crippen LogP contribution is -2.46. The first-order valence-corrected chi connectivity index (χ1v) is 7.44. The van der Waals surface area contributed by atoms with Crippen molar-refractivity contribution in [1.82, 2.24) is 10.2 Å². The Balaban J connectivity index is 1.80. The van der Waals surface area contributed by atoms with Gasteiger partial charge in [0.1, 0.15) is 6.04 Å². The summed E-state index contributed by atoms with van der Waals surface area (Å²) in [5.74, 6) is -1.33. The Bertz CT molecular complexity index is 506. The highest BCUT2D eigenvalue weighted by atomic mass is 16.5. The second kappa shape index (κ2) is 7.91. The summed E-state index contributed by atoms with van der Waals surface area (Å²) in [5.41, 5.74) is 1.23. The molecule has 1 aliphatic heterocycles. The minimum atomic E-state index is -1.04. The van der Waals surface area contributed by atoms with E-state index in [-0.39, 0.29) is 18.4 Å². The number of hydrogen-bond acceptors (Lipinski definition) is 4. The Kier molecular flexibility index (Phi) is 5.91. The number of carboxylic acid groups (broad SMARTS) is 1. The normalized spacial score (nSPS) is 20.3. The number of carbonyl (C=O) groups excluding carboxylic acids is 1. The van der Waals surface area contributed by atoms with Crippen LogP contribution in [0.3, 0.4) is 0 Å². The lowest BCUT2D eigenvalue weighted by Gasteiger charge is -2.32. The lowest BCUT2D eigenvalue weighted by molar-refractivity contribution is -0.142. The van der Waals surface area contributed by atoms with Crippen molar-refractivity contribution in [3.05, 3.63) is 35.9 Å². The predicted molar refractivity (Wildman–Crippen MR) is 81.3 cm³/mol. The summed E-state index contributed by atoms with van der Waals surface area (Å²) < 4.78 is 5.61. The van der Waals surface area contributed by atoms with Gasteiger partial charge in [-0.3, -0.25) is 14.5 Å². The molecule has 1 fully saturated rings. The van der Waals surface area contributed by atoms with E-state index >= 15 is 0 Å². The molecule has 0 bridgehead atoms. The van der Waals surface area contributed by atoms with Crippen LogP contribution in [-0.4, -0.2) is 53.7 Å². The van der Waals surface area contributed by atoms with Gasteiger partial charge in [0, 0.05) is 19.6 Å². The molecular weight excluding hydrogens is 284 g/mol. The molecule has 0 aliphatic carbocycles. The van der Waals surface area contributed by atoms with Crippen molar-refractivity contribution in [3.63, 3.8) is 0 Å². The van der Waals surface area contributed by atoms with Crippen LogP contribution in [0.15, 0.2) is 30.3 Å². The van der Waals surface area contributed by atoms with Crippen LogP contribution in [-0.2, 0) is 20.9 Å². The van der Waals surface area contributed by atoms with Crippen LogP contribution in [0.2, 0.25) is 0 Å². The largest absolute Gasteiger partial charge is 0.480 e. The van der Waals surface area contributed by atoms with Gasteiger partial charge < -0.3 is 15.2 Å². The smallest absolute Gasteiger partial charge is 0.325 e. The molecule has 1 amide bonds. The molecular formula is C16H22N2O4. The summed E-state index contributed by atoms with van der Waals surface area (Å²) in [4.78, 5) is 24.8. The monoisotopic (exact) mass is 306 g/mol. The summed E-state index contributed by atoms with van der Waals surface area (Å²) in [6, 6.07) is 9.27. The van der Waals surface area contributed by atoms with E-state index in [2.05, 4.69) is 22.3 Å². The zero-order valence-corrected chi connectivity index (χ0v) is 12.7. The van der Waals surface area contributed by atoms with Crippen molar-refractivity contribution in [2.24, 2.45) is 0 Å². The molecule has 0 radical (unpaired) electrons. The van der Waals surface area contributed by atoms with Crippen LogP contribution in [0.5, 0.6) is 0 Å². The van der Waals surface area contributed by atoms with Crippen molar-refractivity contribution in [3.8, 4) is 0 Å². The lowest BCUT2D eigenvalue weighted by atomic mass is 10.1. The van der Waals surface area contributed by atoms with E-state index in [0.29, 0.717) is 13.2 Å². The number of nitrogens with zero attached hydrogens (tertiary/aromatic N) is 1. The van der Waals surface area contributed by atoms with Crippen molar-refractivity contribution >= 4 is 11.9 Å². The maximum atomic E-state index is 11.8. The first kappa shape index (κ1) is 16.5. The fourth-order valence-corrected chi connectivity index (χ4v) is 2.46. The molecule has 0 aromatic heterocycles. The number of hydrogen-bond donors (Lipinski definition) is 2. The number of carbonyl (C=O) groups is 2. The van der Waals surface area contributed by atoms with Crippen LogP contribution in [0.4, 0.5) is 0 Å². The zero-order chi connectivity index (χ0) is 15.9. The van der Waals surface area contributed by atoms with Crippen molar-refractivity contribution < 1.29 is 19.4 Å². The third kappa shape index (κ3) is 5.13. The molecule has 1 unspecified atom stereocenters. The van der Waals surface area contributed by atoms with Crippen LogP contribution in [0.25, 0.3) is 0 Å². The van der Waals surface area contributed by atoms with Gasteiger partial charge in [-0.25, -0.2) is 0 Å². The van der Waals surface area contributed by atoms with Crippen molar-refractivity contribution in [2.45, 2.75) is 32.0 Å². The third-order valence-corrected chi connectivity index (χ3v) is 3.63. The molecule has 1 aromatic rings. The van der Waals surface area contributed by atoms with E-state index in [1.807, 2.05) is 18.2 Å². The highest BCUT2D eigenvalue weighted by Gasteiger charge is 2.24. The van der Waals surface area contributed by atoms with Crippen LogP contribution < -0.4 is 5.32 Å². The molecule has 2 N–H and O–H groups in total. The minimum Gasteiger partial charge on any atom is -0.480 e. The molecule has 2 rings (SSSR count). The number of rotatable bonds is 6. The molecule has 0 spiro atoms. The number of benzene rings is 1. The van der Waals surface area contributed by atoms with E-state index in [0.717, 1.165) is 13.1 Å². The number of ether oxygens (including phenoxy) is 1. The van der Waals surface area contributed by atoms with E-state index < -0.39 is 12.0 Å². The maximum absolute atomic E-state index is 11.8. The van der Waals surface area contributed by atoms with Gasteiger partial charge in [0.25, 0.3) is 0 Å². The maximum Gasteiger partial charge on any atom is 0.325 e. The fraction of sp³-hybridized carbons (Fsp3) is 0.500. The number of nitrogens with one attached hydrogen (secondary N) is 1. The molecule has 1 saturated heterocycles. The highest BCUT2D eigenvalue weighted by molar-refractivity contribution is 5.83. The summed E-state index contributed by atoms with van der Waals surface area (Å²) in [5, 5.41) is 11.2. The average molecular weight is 306 g/mol. The van der Waals surface area contributed by atoms with Crippen LogP contribution in [0.1, 0.15) is 18.9 Å². The Labute approximate surface area is 130 Å². The van der Waals surface area contributed by atoms with Crippen molar-refractivity contribution in [2.75, 3.05) is 19.7 Å². The molecule has 1 aromatic carbocycles. The van der Waals surface area contributed by atoms with E-state index in [9.17, 15) is 9.59 Å². The average Bonchev–Trinajstić information content (AvgIpc) is 2.48. The van der Waals surface area contributed by atoms with E-state index in [1.54, 1.807) is 0 Å². The number of carboxylic acids is 1. The molecule has 1 heterocycles. The topological polar surface area (TPSA) is 78.9 Å². The first-order chi connectivity index (χ1) is 10.5. The SMILES string of the molecule is C[C@H](NC(=O)CC1CN(Cc2ccccc2)CCO1)C(=O)O. The second-order valence-electron chi connectivity index (χ2n) is 5.55. The van der Waals surface area contributed by atoms with Gasteiger partial charge in [0.2, 0.25) is 5.91 Å². The van der Waals surface area contributed by atoms with Gasteiger partial charge in [0.05, 0.1) is 19.1 Å². The summed E-state index contributed by atoms with van der Waals surface area (Å²) in [7, 11) is 0. The predicted octanol–water partition coefficient (Wildman–Crippen LogP) is 0.867. The zero-order valence-electron chi connectivity index (χ0n) is 12.7. The number of amides is 1. The molecule has 120 valence electrons. The third-order valence-electron chi connectivity index (χ3n) is 3.63. The van der Waals surface area contributed by atoms with Gasteiger partial charge in [0.15, 0.2) is 0 Å². The molecule has 1 aliphatic rings. The molecule has 22 heavy (non-hydrogen) atoms. The molecule has 6 nitrogen and oxygen atoms in total.